The number of aromatic nitrogens is 1. The lowest BCUT2D eigenvalue weighted by Gasteiger charge is -2.07. The van der Waals surface area contributed by atoms with Crippen LogP contribution in [0.1, 0.15) is 6.42 Å². The first kappa shape index (κ1) is 15.1. The first-order chi connectivity index (χ1) is 8.45. The van der Waals surface area contributed by atoms with E-state index < -0.39 is 20.8 Å². The van der Waals surface area contributed by atoms with Gasteiger partial charge in [-0.1, -0.05) is 0 Å². The van der Waals surface area contributed by atoms with Crippen LogP contribution in [-0.4, -0.2) is 43.2 Å². The van der Waals surface area contributed by atoms with Crippen LogP contribution in [0.5, 0.6) is 0 Å². The Morgan fingerprint density at radius 3 is 2.78 bits per heavy atom. The van der Waals surface area contributed by atoms with Gasteiger partial charge in [0.2, 0.25) is 10.0 Å². The molecule has 0 saturated carbocycles. The van der Waals surface area contributed by atoms with Crippen LogP contribution in [0, 0.1) is 0 Å². The topological polar surface area (TPSA) is 88.2 Å². The lowest BCUT2D eigenvalue weighted by atomic mass is 10.5. The third-order valence-corrected chi connectivity index (χ3v) is 4.52. The Morgan fingerprint density at radius 2 is 2.17 bits per heavy atom. The van der Waals surface area contributed by atoms with Gasteiger partial charge in [-0.25, -0.2) is 18.1 Å². The van der Waals surface area contributed by atoms with E-state index in [0.717, 1.165) is 0 Å². The summed E-state index contributed by atoms with van der Waals surface area (Å²) in [5, 5.41) is 2.78. The third-order valence-electron chi connectivity index (χ3n) is 2.20. The zero-order chi connectivity index (χ0) is 13.6. The van der Waals surface area contributed by atoms with Crippen molar-refractivity contribution in [3.8, 4) is 0 Å². The number of nitrogens with one attached hydrogen (secondary N) is 2. The molecule has 102 valence electrons. The van der Waals surface area contributed by atoms with Gasteiger partial charge in [-0.05, 0) is 12.5 Å². The Balaban J connectivity index is 2.65. The van der Waals surface area contributed by atoms with E-state index in [0.29, 0.717) is 18.0 Å². The molecule has 1 unspecified atom stereocenters. The monoisotopic (exact) mass is 291 g/mol. The van der Waals surface area contributed by atoms with E-state index in [1.54, 1.807) is 13.3 Å². The Bertz CT molecular complexity index is 517. The lowest BCUT2D eigenvalue weighted by Crippen LogP contribution is -2.25. The molecular formula is C10H17N3O3S2. The minimum Gasteiger partial charge on any atom is -0.373 e. The van der Waals surface area contributed by atoms with E-state index in [-0.39, 0.29) is 11.4 Å². The van der Waals surface area contributed by atoms with Crippen molar-refractivity contribution in [1.82, 2.24) is 9.71 Å². The summed E-state index contributed by atoms with van der Waals surface area (Å²) in [6.45, 7) is 0.277. The fourth-order valence-corrected chi connectivity index (χ4v) is 2.92. The van der Waals surface area contributed by atoms with Crippen molar-refractivity contribution in [2.24, 2.45) is 0 Å². The lowest BCUT2D eigenvalue weighted by molar-refractivity contribution is 0.580. The Morgan fingerprint density at radius 1 is 1.44 bits per heavy atom. The number of hydrogen-bond acceptors (Lipinski definition) is 5. The van der Waals surface area contributed by atoms with Crippen LogP contribution in [0.4, 0.5) is 5.82 Å². The molecule has 0 amide bonds. The van der Waals surface area contributed by atoms with Gasteiger partial charge >= 0.3 is 0 Å². The van der Waals surface area contributed by atoms with Crippen molar-refractivity contribution < 1.29 is 12.6 Å². The van der Waals surface area contributed by atoms with E-state index in [4.69, 9.17) is 0 Å². The molecule has 0 aliphatic rings. The molecule has 0 bridgehead atoms. The second kappa shape index (κ2) is 6.81. The molecule has 6 nitrogen and oxygen atoms in total. The molecule has 0 aliphatic carbocycles. The third kappa shape index (κ3) is 4.71. The second-order valence-electron chi connectivity index (χ2n) is 3.66. The van der Waals surface area contributed by atoms with E-state index in [1.807, 2.05) is 0 Å². The summed E-state index contributed by atoms with van der Waals surface area (Å²) in [6.07, 6.45) is 3.57. The van der Waals surface area contributed by atoms with Crippen LogP contribution in [0.2, 0.25) is 0 Å². The summed E-state index contributed by atoms with van der Waals surface area (Å²) in [4.78, 5) is 4.11. The van der Waals surface area contributed by atoms with Crippen LogP contribution in [0.3, 0.4) is 0 Å². The molecule has 1 heterocycles. The van der Waals surface area contributed by atoms with Crippen LogP contribution >= 0.6 is 0 Å². The van der Waals surface area contributed by atoms with Crippen molar-refractivity contribution in [3.05, 3.63) is 18.3 Å². The van der Waals surface area contributed by atoms with Crippen LogP contribution in [0.25, 0.3) is 0 Å². The van der Waals surface area contributed by atoms with Crippen LogP contribution < -0.4 is 10.0 Å². The Labute approximate surface area is 110 Å². The molecule has 0 aliphatic heterocycles. The van der Waals surface area contributed by atoms with Gasteiger partial charge < -0.3 is 5.32 Å². The summed E-state index contributed by atoms with van der Waals surface area (Å²) in [7, 11) is -2.75. The minimum atomic E-state index is -3.52. The molecule has 1 aromatic heterocycles. The fourth-order valence-electron chi connectivity index (χ4n) is 1.28. The molecule has 2 N–H and O–H groups in total. The van der Waals surface area contributed by atoms with E-state index in [1.165, 1.54) is 18.3 Å². The summed E-state index contributed by atoms with van der Waals surface area (Å²) >= 11 is 0. The van der Waals surface area contributed by atoms with Gasteiger partial charge in [0, 0.05) is 48.7 Å². The number of nitrogens with zero attached hydrogens (tertiary/aromatic N) is 1. The first-order valence-electron chi connectivity index (χ1n) is 5.39. The number of anilines is 1. The van der Waals surface area contributed by atoms with Crippen molar-refractivity contribution in [3.63, 3.8) is 0 Å². The largest absolute Gasteiger partial charge is 0.373 e. The second-order valence-corrected chi connectivity index (χ2v) is 6.98. The van der Waals surface area contributed by atoms with Gasteiger partial charge in [0.25, 0.3) is 0 Å². The Kier molecular flexibility index (Phi) is 5.70. The zero-order valence-electron chi connectivity index (χ0n) is 10.3. The predicted molar refractivity (Wildman–Crippen MR) is 72.5 cm³/mol. The number of hydrogen-bond donors (Lipinski definition) is 2. The molecule has 8 heteroatoms. The van der Waals surface area contributed by atoms with Gasteiger partial charge in [-0.2, -0.15) is 0 Å². The average molecular weight is 291 g/mol. The molecule has 1 atom stereocenters. The normalized spacial score (nSPS) is 13.2. The average Bonchev–Trinajstić information content (AvgIpc) is 2.34. The zero-order valence-corrected chi connectivity index (χ0v) is 12.0. The predicted octanol–water partition coefficient (Wildman–Crippen LogP) is 0.170. The number of pyridine rings is 1. The van der Waals surface area contributed by atoms with Crippen molar-refractivity contribution in [1.29, 1.82) is 0 Å². The highest BCUT2D eigenvalue weighted by atomic mass is 32.2. The molecule has 18 heavy (non-hydrogen) atoms. The van der Waals surface area contributed by atoms with Crippen molar-refractivity contribution in [2.45, 2.75) is 11.3 Å². The first-order valence-corrected chi connectivity index (χ1v) is 8.60. The van der Waals surface area contributed by atoms with Gasteiger partial charge in [0.05, 0.1) is 4.90 Å². The molecule has 0 radical (unpaired) electrons. The molecule has 0 spiro atoms. The quantitative estimate of drug-likeness (QED) is 0.699. The van der Waals surface area contributed by atoms with Crippen molar-refractivity contribution >= 4 is 26.6 Å². The maximum Gasteiger partial charge on any atom is 0.240 e. The SMILES string of the molecule is CNc1cc(S(=O)(=O)NCCCS(C)=O)ccn1. The van der Waals surface area contributed by atoms with E-state index in [9.17, 15) is 12.6 Å². The standard InChI is InChI=1S/C10H17N3O3S2/c1-11-10-8-9(4-6-12-10)18(15,16)13-5-3-7-17(2)14/h4,6,8,13H,3,5,7H2,1-2H3,(H,11,12). The maximum atomic E-state index is 11.9. The molecule has 0 fully saturated rings. The van der Waals surface area contributed by atoms with Crippen molar-refractivity contribution in [2.75, 3.05) is 30.9 Å². The smallest absolute Gasteiger partial charge is 0.240 e. The van der Waals surface area contributed by atoms with E-state index in [2.05, 4.69) is 15.0 Å². The summed E-state index contributed by atoms with van der Waals surface area (Å²) in [5.41, 5.74) is 0. The number of sulfonamides is 1. The van der Waals surface area contributed by atoms with Gasteiger partial charge in [-0.3, -0.25) is 4.21 Å². The highest BCUT2D eigenvalue weighted by molar-refractivity contribution is 7.89. The molecule has 1 rings (SSSR count). The summed E-state index contributed by atoms with van der Waals surface area (Å²) in [6, 6.07) is 2.89. The minimum absolute atomic E-state index is 0.166. The summed E-state index contributed by atoms with van der Waals surface area (Å²) < 4.78 is 37.1. The number of rotatable bonds is 7. The summed E-state index contributed by atoms with van der Waals surface area (Å²) in [5.74, 6) is 0.980. The molecular weight excluding hydrogens is 274 g/mol. The fraction of sp³-hybridized carbons (Fsp3) is 0.500. The van der Waals surface area contributed by atoms with Gasteiger partial charge in [-0.15, -0.1) is 0 Å². The van der Waals surface area contributed by atoms with Crippen LogP contribution in [0.15, 0.2) is 23.2 Å². The highest BCUT2D eigenvalue weighted by Crippen LogP contribution is 2.11. The molecule has 0 saturated heterocycles. The maximum absolute atomic E-state index is 11.9. The van der Waals surface area contributed by atoms with Gasteiger partial charge in [0.15, 0.2) is 0 Å². The highest BCUT2D eigenvalue weighted by Gasteiger charge is 2.13. The van der Waals surface area contributed by atoms with Crippen LogP contribution in [-0.2, 0) is 20.8 Å². The Hall–Kier alpha value is -0.990. The molecule has 0 aromatic carbocycles. The molecule has 1 aromatic rings. The van der Waals surface area contributed by atoms with E-state index >= 15 is 0 Å². The van der Waals surface area contributed by atoms with Gasteiger partial charge in [0.1, 0.15) is 5.82 Å².